The Bertz CT molecular complexity index is 948. The van der Waals surface area contributed by atoms with Crippen molar-refractivity contribution in [1.29, 1.82) is 0 Å². The van der Waals surface area contributed by atoms with E-state index in [0.717, 1.165) is 11.3 Å². The largest absolute Gasteiger partial charge is 0.493 e. The maximum atomic E-state index is 12.5. The van der Waals surface area contributed by atoms with Crippen LogP contribution in [0.15, 0.2) is 53.7 Å². The van der Waals surface area contributed by atoms with E-state index >= 15 is 0 Å². The van der Waals surface area contributed by atoms with Crippen LogP contribution in [0.4, 0.5) is 0 Å². The third-order valence-electron chi connectivity index (χ3n) is 4.25. The number of amides is 1. The van der Waals surface area contributed by atoms with Crippen molar-refractivity contribution in [3.8, 4) is 17.2 Å². The first-order valence-electron chi connectivity index (χ1n) is 9.11. The number of methoxy groups -OCH3 is 2. The summed E-state index contributed by atoms with van der Waals surface area (Å²) in [5, 5.41) is 15.0. The van der Waals surface area contributed by atoms with Crippen LogP contribution in [0.5, 0.6) is 11.5 Å². The Balaban J connectivity index is 1.54. The highest BCUT2D eigenvalue weighted by Crippen LogP contribution is 2.27. The van der Waals surface area contributed by atoms with Crippen molar-refractivity contribution in [1.82, 2.24) is 25.5 Å². The van der Waals surface area contributed by atoms with Crippen LogP contribution in [0, 0.1) is 0 Å². The lowest BCUT2D eigenvalue weighted by molar-refractivity contribution is -0.120. The molecule has 0 radical (unpaired) electrons. The fourth-order valence-electron chi connectivity index (χ4n) is 2.71. The van der Waals surface area contributed by atoms with E-state index in [2.05, 4.69) is 20.8 Å². The minimum Gasteiger partial charge on any atom is -0.493 e. The number of thioether (sulfide) groups is 1. The predicted molar refractivity (Wildman–Crippen MR) is 111 cm³/mol. The molecular formula is C20H23N5O3S. The van der Waals surface area contributed by atoms with Crippen molar-refractivity contribution < 1.29 is 14.3 Å². The zero-order valence-electron chi connectivity index (χ0n) is 16.5. The van der Waals surface area contributed by atoms with Crippen LogP contribution in [-0.4, -0.2) is 52.1 Å². The van der Waals surface area contributed by atoms with Crippen LogP contribution in [0.3, 0.4) is 0 Å². The first-order valence-corrected chi connectivity index (χ1v) is 9.99. The van der Waals surface area contributed by atoms with Crippen molar-refractivity contribution in [3.63, 3.8) is 0 Å². The minimum atomic E-state index is -0.339. The number of hydrogen-bond acceptors (Lipinski definition) is 7. The Morgan fingerprint density at radius 2 is 1.90 bits per heavy atom. The summed E-state index contributed by atoms with van der Waals surface area (Å²) in [4.78, 5) is 12.5. The number of rotatable bonds is 9. The Labute approximate surface area is 173 Å². The molecule has 1 heterocycles. The number of carbonyl (C=O) groups excluding carboxylic acids is 1. The first kappa shape index (κ1) is 20.7. The van der Waals surface area contributed by atoms with Crippen molar-refractivity contribution >= 4 is 17.7 Å². The van der Waals surface area contributed by atoms with Gasteiger partial charge in [-0.15, -0.1) is 5.10 Å². The number of aromatic nitrogens is 4. The lowest BCUT2D eigenvalue weighted by Crippen LogP contribution is -2.32. The standard InChI is InChI=1S/C20H23N5O3S/c1-14(29-20-22-23-24-25(20)16-7-5-4-6-8-16)19(26)21-12-11-15-9-10-17(27-2)18(13-15)28-3/h4-10,13-14H,11-12H2,1-3H3,(H,21,26). The molecule has 0 aliphatic heterocycles. The predicted octanol–water partition coefficient (Wildman–Crippen LogP) is 2.52. The summed E-state index contributed by atoms with van der Waals surface area (Å²) < 4.78 is 12.2. The highest BCUT2D eigenvalue weighted by Gasteiger charge is 2.19. The number of ether oxygens (including phenoxy) is 2. The maximum absolute atomic E-state index is 12.5. The molecule has 1 amide bonds. The average Bonchev–Trinajstić information content (AvgIpc) is 3.22. The summed E-state index contributed by atoms with van der Waals surface area (Å²) >= 11 is 1.32. The van der Waals surface area contributed by atoms with Crippen LogP contribution in [0.25, 0.3) is 5.69 Å². The third kappa shape index (κ3) is 5.26. The molecular weight excluding hydrogens is 390 g/mol. The molecule has 0 aliphatic carbocycles. The zero-order chi connectivity index (χ0) is 20.6. The molecule has 9 heteroatoms. The highest BCUT2D eigenvalue weighted by molar-refractivity contribution is 8.00. The fraction of sp³-hybridized carbons (Fsp3) is 0.300. The molecule has 1 atom stereocenters. The van der Waals surface area contributed by atoms with Gasteiger partial charge in [-0.05, 0) is 53.6 Å². The second-order valence-electron chi connectivity index (χ2n) is 6.20. The molecule has 8 nitrogen and oxygen atoms in total. The molecule has 3 rings (SSSR count). The van der Waals surface area contributed by atoms with Gasteiger partial charge in [-0.2, -0.15) is 4.68 Å². The number of nitrogens with zero attached hydrogens (tertiary/aromatic N) is 4. The molecule has 2 aromatic carbocycles. The molecule has 1 N–H and O–H groups in total. The average molecular weight is 414 g/mol. The first-order chi connectivity index (χ1) is 14.1. The van der Waals surface area contributed by atoms with Crippen LogP contribution in [-0.2, 0) is 11.2 Å². The molecule has 0 fully saturated rings. The Kier molecular flexibility index (Phi) is 7.07. The van der Waals surface area contributed by atoms with Crippen molar-refractivity contribution in [3.05, 3.63) is 54.1 Å². The fourth-order valence-corrected chi connectivity index (χ4v) is 3.54. The second-order valence-corrected chi connectivity index (χ2v) is 7.51. The van der Waals surface area contributed by atoms with Gasteiger partial charge in [-0.25, -0.2) is 0 Å². The van der Waals surface area contributed by atoms with E-state index in [1.165, 1.54) is 11.8 Å². The molecule has 3 aromatic rings. The van der Waals surface area contributed by atoms with Gasteiger partial charge < -0.3 is 14.8 Å². The molecule has 0 saturated heterocycles. The molecule has 29 heavy (non-hydrogen) atoms. The number of nitrogens with one attached hydrogen (secondary N) is 1. The SMILES string of the molecule is COc1ccc(CCNC(=O)C(C)Sc2nnnn2-c2ccccc2)cc1OC. The van der Waals surface area contributed by atoms with Gasteiger partial charge in [0.2, 0.25) is 11.1 Å². The lowest BCUT2D eigenvalue weighted by Gasteiger charge is -2.12. The molecule has 0 aliphatic rings. The summed E-state index contributed by atoms with van der Waals surface area (Å²) in [6.07, 6.45) is 0.686. The van der Waals surface area contributed by atoms with Crippen molar-refractivity contribution in [2.45, 2.75) is 23.8 Å². The zero-order valence-corrected chi connectivity index (χ0v) is 17.3. The van der Waals surface area contributed by atoms with Gasteiger partial charge in [-0.1, -0.05) is 36.0 Å². The molecule has 0 saturated carbocycles. The highest BCUT2D eigenvalue weighted by atomic mass is 32.2. The van der Waals surface area contributed by atoms with Gasteiger partial charge in [-0.3, -0.25) is 4.79 Å². The molecule has 0 bridgehead atoms. The Morgan fingerprint density at radius 3 is 2.62 bits per heavy atom. The summed E-state index contributed by atoms with van der Waals surface area (Å²) in [6, 6.07) is 15.3. The molecule has 1 aromatic heterocycles. The van der Waals surface area contributed by atoms with Gasteiger partial charge >= 0.3 is 0 Å². The van der Waals surface area contributed by atoms with Crippen LogP contribution >= 0.6 is 11.8 Å². The van der Waals surface area contributed by atoms with E-state index < -0.39 is 0 Å². The molecule has 1 unspecified atom stereocenters. The Hall–Kier alpha value is -3.07. The monoisotopic (exact) mass is 413 g/mol. The smallest absolute Gasteiger partial charge is 0.233 e. The van der Waals surface area contributed by atoms with E-state index in [1.54, 1.807) is 18.9 Å². The molecule has 0 spiro atoms. The number of tetrazole rings is 1. The minimum absolute atomic E-state index is 0.0712. The van der Waals surface area contributed by atoms with E-state index in [4.69, 9.17) is 9.47 Å². The number of benzene rings is 2. The van der Waals surface area contributed by atoms with Crippen LogP contribution in [0.2, 0.25) is 0 Å². The van der Waals surface area contributed by atoms with E-state index in [1.807, 2.05) is 55.5 Å². The van der Waals surface area contributed by atoms with Gasteiger partial charge in [0.25, 0.3) is 0 Å². The summed E-state index contributed by atoms with van der Waals surface area (Å²) in [5.74, 6) is 1.28. The van der Waals surface area contributed by atoms with E-state index in [9.17, 15) is 4.79 Å². The van der Waals surface area contributed by atoms with Crippen molar-refractivity contribution in [2.75, 3.05) is 20.8 Å². The van der Waals surface area contributed by atoms with E-state index in [0.29, 0.717) is 29.6 Å². The number of hydrogen-bond donors (Lipinski definition) is 1. The van der Waals surface area contributed by atoms with Gasteiger partial charge in [0.15, 0.2) is 11.5 Å². The summed E-state index contributed by atoms with van der Waals surface area (Å²) in [7, 11) is 3.20. The van der Waals surface area contributed by atoms with Gasteiger partial charge in [0.05, 0.1) is 25.2 Å². The topological polar surface area (TPSA) is 91.2 Å². The molecule has 152 valence electrons. The van der Waals surface area contributed by atoms with Crippen molar-refractivity contribution in [2.24, 2.45) is 0 Å². The normalized spacial score (nSPS) is 11.7. The van der Waals surface area contributed by atoms with Gasteiger partial charge in [0.1, 0.15) is 0 Å². The number of para-hydroxylation sites is 1. The quantitative estimate of drug-likeness (QED) is 0.539. The van der Waals surface area contributed by atoms with Crippen LogP contribution < -0.4 is 14.8 Å². The van der Waals surface area contributed by atoms with E-state index in [-0.39, 0.29) is 11.2 Å². The summed E-state index contributed by atoms with van der Waals surface area (Å²) in [6.45, 7) is 2.35. The summed E-state index contributed by atoms with van der Waals surface area (Å²) in [5.41, 5.74) is 1.90. The van der Waals surface area contributed by atoms with Crippen LogP contribution in [0.1, 0.15) is 12.5 Å². The number of carbonyl (C=O) groups is 1. The third-order valence-corrected chi connectivity index (χ3v) is 5.29. The van der Waals surface area contributed by atoms with Gasteiger partial charge in [0, 0.05) is 6.54 Å². The second kappa shape index (κ2) is 9.92. The lowest BCUT2D eigenvalue weighted by atomic mass is 10.1. The Morgan fingerprint density at radius 1 is 1.14 bits per heavy atom. The maximum Gasteiger partial charge on any atom is 0.233 e.